The minimum Gasteiger partial charge on any atom is -0.506 e. The van der Waals surface area contributed by atoms with Crippen molar-refractivity contribution >= 4 is 74.7 Å². The van der Waals surface area contributed by atoms with E-state index in [4.69, 9.17) is 5.26 Å². The smallest absolute Gasteiger partial charge is 0.142 e. The molecule has 0 aliphatic rings. The summed E-state index contributed by atoms with van der Waals surface area (Å²) in [6.45, 7) is 0. The maximum atomic E-state index is 9.30. The maximum absolute atomic E-state index is 9.30. The van der Waals surface area contributed by atoms with Crippen LogP contribution in [0.3, 0.4) is 0 Å². The van der Waals surface area contributed by atoms with E-state index in [2.05, 4.69) is 0 Å². The fraction of sp³-hybridized carbons (Fsp3) is 0. The molecule has 1 aromatic carbocycles. The van der Waals surface area contributed by atoms with Crippen molar-refractivity contribution in [2.45, 2.75) is 0 Å². The van der Waals surface area contributed by atoms with E-state index in [1.165, 1.54) is 0 Å². The summed E-state index contributed by atoms with van der Waals surface area (Å²) in [6.07, 6.45) is 0. The van der Waals surface area contributed by atoms with Gasteiger partial charge in [-0.3, -0.25) is 0 Å². The van der Waals surface area contributed by atoms with Crippen molar-refractivity contribution in [2.75, 3.05) is 0 Å². The quantitative estimate of drug-likeness (QED) is 0.542. The number of aromatic hydroxyl groups is 1. The van der Waals surface area contributed by atoms with Gasteiger partial charge in [0, 0.05) is 29.6 Å². The van der Waals surface area contributed by atoms with Crippen LogP contribution in [0.4, 0.5) is 0 Å². The molecule has 57 valence electrons. The second-order valence-corrected chi connectivity index (χ2v) is 4.22. The van der Waals surface area contributed by atoms with Crippen LogP contribution >= 0.6 is 45.2 Å². The van der Waals surface area contributed by atoms with Crippen molar-refractivity contribution in [3.8, 4) is 11.8 Å². The molecular formula is C7H3I2NNaO. The van der Waals surface area contributed by atoms with Crippen molar-refractivity contribution in [1.29, 1.82) is 5.26 Å². The molecule has 0 spiro atoms. The van der Waals surface area contributed by atoms with Gasteiger partial charge in [-0.05, 0) is 57.3 Å². The zero-order valence-corrected chi connectivity index (χ0v) is 12.6. The van der Waals surface area contributed by atoms with Gasteiger partial charge >= 0.3 is 0 Å². The van der Waals surface area contributed by atoms with Crippen LogP contribution < -0.4 is 0 Å². The Morgan fingerprint density at radius 2 is 1.67 bits per heavy atom. The van der Waals surface area contributed by atoms with Gasteiger partial charge in [-0.2, -0.15) is 5.26 Å². The van der Waals surface area contributed by atoms with E-state index >= 15 is 0 Å². The van der Waals surface area contributed by atoms with E-state index in [0.29, 0.717) is 12.7 Å². The number of phenols is 1. The summed E-state index contributed by atoms with van der Waals surface area (Å²) >= 11 is 3.99. The zero-order valence-electron chi connectivity index (χ0n) is 6.31. The van der Waals surface area contributed by atoms with Crippen molar-refractivity contribution in [3.05, 3.63) is 24.8 Å². The molecule has 1 rings (SSSR count). The minimum atomic E-state index is 0. The molecular weight excluding hydrogens is 391 g/mol. The first-order valence-electron chi connectivity index (χ1n) is 2.73. The Hall–Kier alpha value is 0.970. The molecule has 0 saturated heterocycles. The van der Waals surface area contributed by atoms with E-state index < -0.39 is 0 Å². The molecule has 2 nitrogen and oxygen atoms in total. The van der Waals surface area contributed by atoms with Crippen molar-refractivity contribution < 1.29 is 5.11 Å². The maximum Gasteiger partial charge on any atom is 0.142 e. The predicted octanol–water partition coefficient (Wildman–Crippen LogP) is 2.09. The molecule has 12 heavy (non-hydrogen) atoms. The Bertz CT molecular complexity index is 312. The fourth-order valence-electron chi connectivity index (χ4n) is 0.630. The van der Waals surface area contributed by atoms with E-state index in [1.807, 2.05) is 51.3 Å². The molecule has 0 aliphatic heterocycles. The Morgan fingerprint density at radius 1 is 1.25 bits per heavy atom. The molecule has 0 fully saturated rings. The number of hydrogen-bond acceptors (Lipinski definition) is 2. The van der Waals surface area contributed by atoms with Crippen LogP contribution in [-0.2, 0) is 0 Å². The topological polar surface area (TPSA) is 44.0 Å². The number of rotatable bonds is 0. The molecule has 0 heterocycles. The van der Waals surface area contributed by atoms with E-state index in [1.54, 1.807) is 12.1 Å². The van der Waals surface area contributed by atoms with Gasteiger partial charge in [0.2, 0.25) is 0 Å². The molecule has 0 unspecified atom stereocenters. The van der Waals surface area contributed by atoms with Crippen LogP contribution in [0.15, 0.2) is 12.1 Å². The molecule has 0 atom stereocenters. The average Bonchev–Trinajstić information content (AvgIpc) is 1.99. The molecule has 0 saturated carbocycles. The summed E-state index contributed by atoms with van der Waals surface area (Å²) in [7, 11) is 0. The molecule has 5 heteroatoms. The molecule has 0 aromatic heterocycles. The van der Waals surface area contributed by atoms with Crippen LogP contribution in [0.1, 0.15) is 5.56 Å². The van der Waals surface area contributed by atoms with Crippen molar-refractivity contribution in [3.63, 3.8) is 0 Å². The van der Waals surface area contributed by atoms with Gasteiger partial charge in [0.15, 0.2) is 0 Å². The first-order chi connectivity index (χ1) is 5.15. The van der Waals surface area contributed by atoms with Crippen molar-refractivity contribution in [1.82, 2.24) is 0 Å². The first-order valence-corrected chi connectivity index (χ1v) is 4.89. The number of phenolic OH excluding ortho intramolecular Hbond substituents is 1. The Labute approximate surface area is 120 Å². The predicted molar refractivity (Wildman–Crippen MR) is 64.0 cm³/mol. The summed E-state index contributed by atoms with van der Waals surface area (Å²) in [5.74, 6) is 0.255. The van der Waals surface area contributed by atoms with Crippen LogP contribution in [-0.4, -0.2) is 34.7 Å². The monoisotopic (exact) mass is 394 g/mol. The number of hydrogen-bond donors (Lipinski definition) is 1. The van der Waals surface area contributed by atoms with Gasteiger partial charge in [0.25, 0.3) is 0 Å². The summed E-state index contributed by atoms with van der Waals surface area (Å²) in [4.78, 5) is 0. The standard InChI is InChI=1S/C7H3I2NO.Na/c8-5-1-4(3-10)2-6(9)7(5)11;/h1-2,11H;. The zero-order chi connectivity index (χ0) is 8.43. The van der Waals surface area contributed by atoms with Gasteiger partial charge in [-0.25, -0.2) is 0 Å². The normalized spacial score (nSPS) is 8.42. The van der Waals surface area contributed by atoms with Crippen LogP contribution in [0.25, 0.3) is 0 Å². The van der Waals surface area contributed by atoms with Crippen LogP contribution in [0.2, 0.25) is 0 Å². The molecule has 1 N–H and O–H groups in total. The van der Waals surface area contributed by atoms with E-state index in [9.17, 15) is 5.11 Å². The third kappa shape index (κ3) is 3.03. The number of nitrogens with zero attached hydrogens (tertiary/aromatic N) is 1. The Morgan fingerprint density at radius 3 is 2.00 bits per heavy atom. The molecule has 1 aromatic rings. The number of nitriles is 1. The van der Waals surface area contributed by atoms with Gasteiger partial charge in [0.05, 0.1) is 18.8 Å². The summed E-state index contributed by atoms with van der Waals surface area (Å²) < 4.78 is 1.43. The minimum absolute atomic E-state index is 0. The van der Waals surface area contributed by atoms with E-state index in [0.717, 1.165) is 0 Å². The molecule has 0 amide bonds. The van der Waals surface area contributed by atoms with Crippen LogP contribution in [0, 0.1) is 18.5 Å². The fourth-order valence-corrected chi connectivity index (χ4v) is 2.40. The Balaban J connectivity index is 0.00000121. The largest absolute Gasteiger partial charge is 0.506 e. The second-order valence-electron chi connectivity index (χ2n) is 1.90. The third-order valence-corrected chi connectivity index (χ3v) is 2.79. The van der Waals surface area contributed by atoms with Gasteiger partial charge < -0.3 is 5.11 Å². The number of benzene rings is 1. The average molecular weight is 394 g/mol. The summed E-state index contributed by atoms with van der Waals surface area (Å²) in [6, 6.07) is 5.32. The second kappa shape index (κ2) is 5.65. The van der Waals surface area contributed by atoms with Gasteiger partial charge in [-0.15, -0.1) is 0 Å². The third-order valence-electron chi connectivity index (χ3n) is 1.15. The SMILES string of the molecule is N#Cc1cc(I)c(O)c(I)c1.[Na]. The first kappa shape index (κ1) is 13.0. The summed E-state index contributed by atoms with van der Waals surface area (Å²) in [5.41, 5.74) is 0.580. The molecule has 0 bridgehead atoms. The number of halogens is 2. The van der Waals surface area contributed by atoms with E-state index in [-0.39, 0.29) is 35.3 Å². The summed E-state index contributed by atoms with van der Waals surface area (Å²) in [5, 5.41) is 17.8. The molecule has 1 radical (unpaired) electrons. The molecule has 0 aliphatic carbocycles. The van der Waals surface area contributed by atoms with Gasteiger partial charge in [-0.1, -0.05) is 0 Å². The van der Waals surface area contributed by atoms with Crippen LogP contribution in [0.5, 0.6) is 5.75 Å². The Kier molecular flexibility index (Phi) is 6.10. The van der Waals surface area contributed by atoms with Gasteiger partial charge in [0.1, 0.15) is 5.75 Å². The van der Waals surface area contributed by atoms with Crippen molar-refractivity contribution in [2.24, 2.45) is 0 Å².